The molecule has 0 spiro atoms. The Balaban J connectivity index is 1.74. The molecule has 132 valence electrons. The largest absolute Gasteiger partial charge is 0.372 e. The van der Waals surface area contributed by atoms with Crippen molar-refractivity contribution in [1.82, 2.24) is 0 Å². The molecule has 1 fully saturated rings. The van der Waals surface area contributed by atoms with Gasteiger partial charge in [-0.1, -0.05) is 18.2 Å². The molecule has 1 aliphatic heterocycles. The van der Waals surface area contributed by atoms with Crippen LogP contribution in [0, 0.1) is 25.2 Å². The van der Waals surface area contributed by atoms with Crippen molar-refractivity contribution in [1.29, 1.82) is 5.26 Å². The molecule has 1 saturated heterocycles. The van der Waals surface area contributed by atoms with Crippen LogP contribution >= 0.6 is 0 Å². The van der Waals surface area contributed by atoms with E-state index >= 15 is 0 Å². The van der Waals surface area contributed by atoms with Crippen molar-refractivity contribution in [3.05, 3.63) is 64.7 Å². The van der Waals surface area contributed by atoms with E-state index in [1.807, 2.05) is 62.4 Å². The molecule has 4 heteroatoms. The smallest absolute Gasteiger partial charge is 0.266 e. The van der Waals surface area contributed by atoms with Crippen LogP contribution in [-0.4, -0.2) is 19.0 Å². The van der Waals surface area contributed by atoms with Crippen LogP contribution in [0.25, 0.3) is 6.08 Å². The van der Waals surface area contributed by atoms with Gasteiger partial charge in [-0.05, 0) is 73.7 Å². The maximum absolute atomic E-state index is 12.4. The Bertz CT molecular complexity index is 849. The van der Waals surface area contributed by atoms with Crippen molar-refractivity contribution in [3.63, 3.8) is 0 Å². The molecule has 0 unspecified atom stereocenters. The first-order chi connectivity index (χ1) is 12.5. The number of nitrogens with one attached hydrogen (secondary N) is 1. The van der Waals surface area contributed by atoms with Crippen LogP contribution in [0.5, 0.6) is 0 Å². The Morgan fingerprint density at radius 3 is 2.27 bits per heavy atom. The summed E-state index contributed by atoms with van der Waals surface area (Å²) in [5, 5.41) is 12.2. The lowest BCUT2D eigenvalue weighted by atomic mass is 10.1. The predicted octanol–water partition coefficient (Wildman–Crippen LogP) is 4.45. The average molecular weight is 345 g/mol. The van der Waals surface area contributed by atoms with E-state index in [0.29, 0.717) is 5.69 Å². The number of carbonyl (C=O) groups excluding carboxylic acids is 1. The highest BCUT2D eigenvalue weighted by Crippen LogP contribution is 2.21. The van der Waals surface area contributed by atoms with Crippen LogP contribution in [0.15, 0.2) is 48.0 Å². The molecule has 1 aliphatic rings. The van der Waals surface area contributed by atoms with Gasteiger partial charge in [0.2, 0.25) is 0 Å². The van der Waals surface area contributed by atoms with E-state index in [1.54, 1.807) is 6.08 Å². The van der Waals surface area contributed by atoms with Crippen LogP contribution in [0.1, 0.15) is 29.5 Å². The first-order valence-corrected chi connectivity index (χ1v) is 8.91. The Morgan fingerprint density at radius 1 is 1.08 bits per heavy atom. The Morgan fingerprint density at radius 2 is 1.69 bits per heavy atom. The molecule has 0 bridgehead atoms. The molecule has 0 saturated carbocycles. The van der Waals surface area contributed by atoms with E-state index in [4.69, 9.17) is 0 Å². The first kappa shape index (κ1) is 17.8. The Hall–Kier alpha value is -3.06. The summed E-state index contributed by atoms with van der Waals surface area (Å²) in [6.07, 6.45) is 4.10. The van der Waals surface area contributed by atoms with E-state index in [9.17, 15) is 10.1 Å². The number of hydrogen-bond donors (Lipinski definition) is 1. The molecule has 4 nitrogen and oxygen atoms in total. The number of amides is 1. The van der Waals surface area contributed by atoms with Gasteiger partial charge in [0, 0.05) is 24.5 Å². The summed E-state index contributed by atoms with van der Waals surface area (Å²) in [6, 6.07) is 15.8. The number of carbonyl (C=O) groups is 1. The Labute approximate surface area is 154 Å². The lowest BCUT2D eigenvalue weighted by Gasteiger charge is -2.17. The van der Waals surface area contributed by atoms with Crippen molar-refractivity contribution in [2.45, 2.75) is 26.7 Å². The normalized spacial score (nSPS) is 14.2. The van der Waals surface area contributed by atoms with Crippen LogP contribution in [-0.2, 0) is 4.79 Å². The zero-order valence-corrected chi connectivity index (χ0v) is 15.2. The minimum atomic E-state index is -0.388. The summed E-state index contributed by atoms with van der Waals surface area (Å²) in [5.74, 6) is -0.388. The molecule has 0 aromatic heterocycles. The maximum Gasteiger partial charge on any atom is 0.266 e. The van der Waals surface area contributed by atoms with Gasteiger partial charge >= 0.3 is 0 Å². The minimum Gasteiger partial charge on any atom is -0.372 e. The summed E-state index contributed by atoms with van der Waals surface area (Å²) in [4.78, 5) is 14.8. The van der Waals surface area contributed by atoms with E-state index < -0.39 is 0 Å². The third kappa shape index (κ3) is 4.31. The van der Waals surface area contributed by atoms with E-state index in [1.165, 1.54) is 18.5 Å². The molecular weight excluding hydrogens is 322 g/mol. The molecule has 1 heterocycles. The van der Waals surface area contributed by atoms with Gasteiger partial charge < -0.3 is 10.2 Å². The van der Waals surface area contributed by atoms with Gasteiger partial charge in [0.25, 0.3) is 5.91 Å². The maximum atomic E-state index is 12.4. The van der Waals surface area contributed by atoms with Crippen molar-refractivity contribution in [2.75, 3.05) is 23.3 Å². The number of nitrogens with zero attached hydrogens (tertiary/aromatic N) is 2. The second-order valence-electron chi connectivity index (χ2n) is 6.79. The van der Waals surface area contributed by atoms with Gasteiger partial charge in [0.15, 0.2) is 0 Å². The number of aryl methyl sites for hydroxylation is 2. The number of anilines is 2. The molecule has 0 atom stereocenters. The fourth-order valence-corrected chi connectivity index (χ4v) is 3.32. The van der Waals surface area contributed by atoms with Gasteiger partial charge in [-0.15, -0.1) is 0 Å². The van der Waals surface area contributed by atoms with Gasteiger partial charge in [0.1, 0.15) is 11.6 Å². The molecule has 26 heavy (non-hydrogen) atoms. The van der Waals surface area contributed by atoms with Gasteiger partial charge in [-0.3, -0.25) is 4.79 Å². The molecule has 1 N–H and O–H groups in total. The van der Waals surface area contributed by atoms with E-state index in [-0.39, 0.29) is 11.5 Å². The first-order valence-electron chi connectivity index (χ1n) is 8.91. The number of rotatable bonds is 4. The average Bonchev–Trinajstić information content (AvgIpc) is 3.13. The van der Waals surface area contributed by atoms with Crippen molar-refractivity contribution < 1.29 is 4.79 Å². The highest BCUT2D eigenvalue weighted by Gasteiger charge is 2.13. The molecule has 3 rings (SSSR count). The number of benzene rings is 2. The fraction of sp³-hybridized carbons (Fsp3) is 0.273. The van der Waals surface area contributed by atoms with Crippen LogP contribution < -0.4 is 10.2 Å². The van der Waals surface area contributed by atoms with Crippen molar-refractivity contribution in [2.24, 2.45) is 0 Å². The lowest BCUT2D eigenvalue weighted by Crippen LogP contribution is -2.17. The predicted molar refractivity (Wildman–Crippen MR) is 106 cm³/mol. The highest BCUT2D eigenvalue weighted by molar-refractivity contribution is 6.09. The summed E-state index contributed by atoms with van der Waals surface area (Å²) in [6.45, 7) is 6.14. The summed E-state index contributed by atoms with van der Waals surface area (Å²) in [7, 11) is 0. The lowest BCUT2D eigenvalue weighted by molar-refractivity contribution is -0.112. The fourth-order valence-electron chi connectivity index (χ4n) is 3.32. The second-order valence-corrected chi connectivity index (χ2v) is 6.79. The van der Waals surface area contributed by atoms with Crippen LogP contribution in [0.3, 0.4) is 0 Å². The number of hydrogen-bond acceptors (Lipinski definition) is 3. The third-order valence-electron chi connectivity index (χ3n) is 4.52. The SMILES string of the molecule is Cc1cc(C)cc(NC(=O)/C(C#N)=C/c2ccc(N3CCCC3)cc2)c1. The monoisotopic (exact) mass is 345 g/mol. The molecule has 2 aromatic rings. The highest BCUT2D eigenvalue weighted by atomic mass is 16.1. The van der Waals surface area contributed by atoms with Gasteiger partial charge in [0.05, 0.1) is 0 Å². The molecule has 0 aliphatic carbocycles. The molecule has 1 amide bonds. The second kappa shape index (κ2) is 7.88. The van der Waals surface area contributed by atoms with Crippen molar-refractivity contribution >= 4 is 23.4 Å². The standard InChI is InChI=1S/C22H23N3O/c1-16-11-17(2)13-20(12-16)24-22(26)19(15-23)14-18-5-7-21(8-6-18)25-9-3-4-10-25/h5-8,11-14H,3-4,9-10H2,1-2H3,(H,24,26)/b19-14+. The molecule has 0 radical (unpaired) electrons. The van der Waals surface area contributed by atoms with Crippen molar-refractivity contribution in [3.8, 4) is 6.07 Å². The zero-order valence-electron chi connectivity index (χ0n) is 15.2. The molecular formula is C22H23N3O. The van der Waals surface area contributed by atoms with Gasteiger partial charge in [-0.2, -0.15) is 5.26 Å². The third-order valence-corrected chi connectivity index (χ3v) is 4.52. The summed E-state index contributed by atoms with van der Waals surface area (Å²) >= 11 is 0. The minimum absolute atomic E-state index is 0.0954. The van der Waals surface area contributed by atoms with Crippen LogP contribution in [0.2, 0.25) is 0 Å². The number of nitriles is 1. The zero-order chi connectivity index (χ0) is 18.5. The van der Waals surface area contributed by atoms with Crippen LogP contribution in [0.4, 0.5) is 11.4 Å². The van der Waals surface area contributed by atoms with E-state index in [0.717, 1.165) is 29.8 Å². The summed E-state index contributed by atoms with van der Waals surface area (Å²) in [5.41, 5.74) is 4.98. The molecule has 2 aromatic carbocycles. The van der Waals surface area contributed by atoms with Gasteiger partial charge in [-0.25, -0.2) is 0 Å². The quantitative estimate of drug-likeness (QED) is 0.658. The Kier molecular flexibility index (Phi) is 5.38. The topological polar surface area (TPSA) is 56.1 Å². The van der Waals surface area contributed by atoms with E-state index in [2.05, 4.69) is 10.2 Å². The summed E-state index contributed by atoms with van der Waals surface area (Å²) < 4.78 is 0.